The number of aryl methyl sites for hydroxylation is 2. The third kappa shape index (κ3) is 2.69. The minimum Gasteiger partial charge on any atom is -0.476 e. The first-order chi connectivity index (χ1) is 9.75. The molecule has 2 N–H and O–H groups in total. The van der Waals surface area contributed by atoms with Crippen molar-refractivity contribution in [1.29, 1.82) is 0 Å². The summed E-state index contributed by atoms with van der Waals surface area (Å²) >= 11 is 0. The van der Waals surface area contributed by atoms with Gasteiger partial charge in [-0.25, -0.2) is 13.2 Å². The average Bonchev–Trinajstić information content (AvgIpc) is 2.96. The van der Waals surface area contributed by atoms with Crippen LogP contribution in [0.25, 0.3) is 0 Å². The molecule has 0 saturated carbocycles. The summed E-state index contributed by atoms with van der Waals surface area (Å²) < 4.78 is 31.3. The van der Waals surface area contributed by atoms with Crippen molar-refractivity contribution >= 4 is 16.0 Å². The Kier molecular flexibility index (Phi) is 3.88. The number of carbonyl (C=O) groups is 1. The molecular formula is C12H15N3O5S. The molecule has 0 saturated heterocycles. The van der Waals surface area contributed by atoms with Gasteiger partial charge in [0.25, 0.3) is 0 Å². The van der Waals surface area contributed by atoms with Crippen LogP contribution in [0.15, 0.2) is 21.6 Å². The van der Waals surface area contributed by atoms with E-state index in [-0.39, 0.29) is 17.1 Å². The summed E-state index contributed by atoms with van der Waals surface area (Å²) in [5.74, 6) is -0.787. The Morgan fingerprint density at radius 3 is 2.67 bits per heavy atom. The van der Waals surface area contributed by atoms with Gasteiger partial charge in [0.15, 0.2) is 5.69 Å². The van der Waals surface area contributed by atoms with Gasteiger partial charge in [0.05, 0.1) is 12.0 Å². The second-order valence-electron chi connectivity index (χ2n) is 4.59. The summed E-state index contributed by atoms with van der Waals surface area (Å²) in [4.78, 5) is 10.8. The molecule has 0 radical (unpaired) electrons. The van der Waals surface area contributed by atoms with Crippen LogP contribution in [0.5, 0.6) is 0 Å². The van der Waals surface area contributed by atoms with E-state index in [1.807, 2.05) is 0 Å². The molecule has 2 aromatic heterocycles. The maximum absolute atomic E-state index is 12.5. The van der Waals surface area contributed by atoms with Gasteiger partial charge >= 0.3 is 5.97 Å². The van der Waals surface area contributed by atoms with Gasteiger partial charge < -0.3 is 9.52 Å². The number of rotatable bonds is 5. The van der Waals surface area contributed by atoms with Crippen LogP contribution < -0.4 is 0 Å². The van der Waals surface area contributed by atoms with E-state index in [9.17, 15) is 13.2 Å². The second-order valence-corrected chi connectivity index (χ2v) is 6.58. The van der Waals surface area contributed by atoms with Crippen molar-refractivity contribution in [3.63, 3.8) is 0 Å². The fraction of sp³-hybridized carbons (Fsp3) is 0.333. The van der Waals surface area contributed by atoms with Crippen LogP contribution >= 0.6 is 0 Å². The monoisotopic (exact) mass is 313 g/mol. The van der Waals surface area contributed by atoms with Crippen molar-refractivity contribution in [1.82, 2.24) is 14.5 Å². The van der Waals surface area contributed by atoms with Gasteiger partial charge in [-0.15, -0.1) is 0 Å². The van der Waals surface area contributed by atoms with E-state index in [4.69, 9.17) is 9.52 Å². The van der Waals surface area contributed by atoms with E-state index in [2.05, 4.69) is 10.2 Å². The lowest BCUT2D eigenvalue weighted by atomic mass is 10.3. The van der Waals surface area contributed by atoms with Gasteiger partial charge in [0.1, 0.15) is 10.7 Å². The molecule has 0 amide bonds. The number of hydrogen-bond acceptors (Lipinski definition) is 5. The predicted octanol–water partition coefficient (Wildman–Crippen LogP) is 1.14. The quantitative estimate of drug-likeness (QED) is 0.855. The molecule has 0 fully saturated rings. The molecule has 0 atom stereocenters. The molecule has 8 nitrogen and oxygen atoms in total. The normalized spacial score (nSPS) is 12.0. The molecule has 2 rings (SSSR count). The van der Waals surface area contributed by atoms with E-state index >= 15 is 0 Å². The number of aromatic carboxylic acids is 1. The number of carboxylic acids is 1. The molecule has 0 unspecified atom stereocenters. The van der Waals surface area contributed by atoms with E-state index in [0.717, 1.165) is 4.31 Å². The third-order valence-electron chi connectivity index (χ3n) is 3.12. The number of nitrogens with zero attached hydrogens (tertiary/aromatic N) is 2. The van der Waals surface area contributed by atoms with Gasteiger partial charge in [-0.2, -0.15) is 9.40 Å². The molecule has 0 aliphatic carbocycles. The zero-order valence-electron chi connectivity index (χ0n) is 11.7. The summed E-state index contributed by atoms with van der Waals surface area (Å²) in [7, 11) is -2.60. The van der Waals surface area contributed by atoms with Gasteiger partial charge in [-0.1, -0.05) is 0 Å². The molecule has 0 aliphatic rings. The first-order valence-corrected chi connectivity index (χ1v) is 7.46. The Bertz CT molecular complexity index is 775. The van der Waals surface area contributed by atoms with E-state index in [1.165, 1.54) is 20.2 Å². The molecule has 0 bridgehead atoms. The summed E-state index contributed by atoms with van der Waals surface area (Å²) in [6.07, 6.45) is 1.47. The number of aromatic amines is 1. The lowest BCUT2D eigenvalue weighted by molar-refractivity contribution is 0.0686. The number of carboxylic acid groups (broad SMARTS) is 1. The zero-order valence-corrected chi connectivity index (χ0v) is 12.6. The van der Waals surface area contributed by atoms with Crippen LogP contribution in [-0.2, 0) is 16.6 Å². The summed E-state index contributed by atoms with van der Waals surface area (Å²) in [5.41, 5.74) is 0.380. The largest absolute Gasteiger partial charge is 0.476 e. The molecule has 0 aliphatic heterocycles. The SMILES string of the molecule is Cc1[nH]nc(C(=O)O)c1S(=O)(=O)N(C)Cc1ccoc1C. The molecular weight excluding hydrogens is 298 g/mol. The molecule has 0 aromatic carbocycles. The number of sulfonamides is 1. The predicted molar refractivity (Wildman–Crippen MR) is 72.4 cm³/mol. The van der Waals surface area contributed by atoms with Gasteiger partial charge in [-0.05, 0) is 19.9 Å². The maximum Gasteiger partial charge on any atom is 0.357 e. The van der Waals surface area contributed by atoms with Crippen molar-refractivity contribution < 1.29 is 22.7 Å². The zero-order chi connectivity index (χ0) is 15.8. The average molecular weight is 313 g/mol. The molecule has 2 aromatic rings. The van der Waals surface area contributed by atoms with Crippen LogP contribution in [0.3, 0.4) is 0 Å². The number of H-pyrrole nitrogens is 1. The molecule has 0 spiro atoms. The third-order valence-corrected chi connectivity index (χ3v) is 5.09. The van der Waals surface area contributed by atoms with E-state index in [1.54, 1.807) is 13.0 Å². The first kappa shape index (κ1) is 15.3. The molecule has 2 heterocycles. The highest BCUT2D eigenvalue weighted by Crippen LogP contribution is 2.23. The van der Waals surface area contributed by atoms with Crippen molar-refractivity contribution in [2.45, 2.75) is 25.3 Å². The highest BCUT2D eigenvalue weighted by molar-refractivity contribution is 7.89. The van der Waals surface area contributed by atoms with E-state index in [0.29, 0.717) is 11.3 Å². The van der Waals surface area contributed by atoms with Gasteiger partial charge in [-0.3, -0.25) is 5.10 Å². The summed E-state index contributed by atoms with van der Waals surface area (Å²) in [6, 6.07) is 1.67. The minimum absolute atomic E-state index is 0.0777. The Morgan fingerprint density at radius 2 is 2.14 bits per heavy atom. The summed E-state index contributed by atoms with van der Waals surface area (Å²) in [5, 5.41) is 15.0. The lowest BCUT2D eigenvalue weighted by Crippen LogP contribution is -2.28. The topological polar surface area (TPSA) is 116 Å². The van der Waals surface area contributed by atoms with Crippen LogP contribution in [-0.4, -0.2) is 41.0 Å². The Morgan fingerprint density at radius 1 is 1.48 bits per heavy atom. The fourth-order valence-corrected chi connectivity index (χ4v) is 3.37. The first-order valence-electron chi connectivity index (χ1n) is 6.02. The van der Waals surface area contributed by atoms with Gasteiger partial charge in [0.2, 0.25) is 10.0 Å². The maximum atomic E-state index is 12.5. The number of hydrogen-bond donors (Lipinski definition) is 2. The van der Waals surface area contributed by atoms with Crippen molar-refractivity contribution in [2.24, 2.45) is 0 Å². The van der Waals surface area contributed by atoms with Crippen LogP contribution in [0.4, 0.5) is 0 Å². The van der Waals surface area contributed by atoms with Crippen molar-refractivity contribution in [3.05, 3.63) is 35.0 Å². The van der Waals surface area contributed by atoms with Crippen LogP contribution in [0, 0.1) is 13.8 Å². The Labute approximate surface area is 121 Å². The smallest absolute Gasteiger partial charge is 0.357 e. The number of aromatic nitrogens is 2. The standard InChI is InChI=1S/C12H15N3O5S/c1-7-11(10(12(16)17)14-13-7)21(18,19)15(3)6-9-4-5-20-8(9)2/h4-5H,6H2,1-3H3,(H,13,14)(H,16,17). The molecule has 21 heavy (non-hydrogen) atoms. The molecule has 114 valence electrons. The molecule has 9 heteroatoms. The number of nitrogens with one attached hydrogen (secondary N) is 1. The Hall–Kier alpha value is -2.13. The highest BCUT2D eigenvalue weighted by Gasteiger charge is 2.31. The minimum atomic E-state index is -3.98. The summed E-state index contributed by atoms with van der Waals surface area (Å²) in [6.45, 7) is 3.26. The second kappa shape index (κ2) is 5.34. The lowest BCUT2D eigenvalue weighted by Gasteiger charge is -2.16. The fourth-order valence-electron chi connectivity index (χ4n) is 1.94. The highest BCUT2D eigenvalue weighted by atomic mass is 32.2. The van der Waals surface area contributed by atoms with Gasteiger partial charge in [0, 0.05) is 19.2 Å². The van der Waals surface area contributed by atoms with E-state index < -0.39 is 21.7 Å². The van der Waals surface area contributed by atoms with Crippen LogP contribution in [0.2, 0.25) is 0 Å². The Balaban J connectivity index is 2.40. The number of furan rings is 1. The van der Waals surface area contributed by atoms with Crippen LogP contribution in [0.1, 0.15) is 27.5 Å². The van der Waals surface area contributed by atoms with Crippen molar-refractivity contribution in [3.8, 4) is 0 Å². The van der Waals surface area contributed by atoms with Crippen molar-refractivity contribution in [2.75, 3.05) is 7.05 Å².